The minimum absolute atomic E-state index is 0.152. The number of ketones is 1. The zero-order valence-corrected chi connectivity index (χ0v) is 7.58. The average Bonchev–Trinajstić information content (AvgIpc) is 2.03. The van der Waals surface area contributed by atoms with Crippen LogP contribution in [0.15, 0.2) is 0 Å². The highest BCUT2D eigenvalue weighted by atomic mass is 16.4. The number of Topliss-reactive ketones (excluding diaryl/α,β-unsaturated/α-hetero) is 1. The molecule has 0 unspecified atom stereocenters. The first kappa shape index (κ1) is 8.73. The Morgan fingerprint density at radius 1 is 1.31 bits per heavy atom. The first-order valence-corrected chi connectivity index (χ1v) is 4.86. The lowest BCUT2D eigenvalue weighted by atomic mass is 9.58. The van der Waals surface area contributed by atoms with Crippen molar-refractivity contribution in [2.45, 2.75) is 38.5 Å². The molecule has 0 aliphatic heterocycles. The second-order valence-corrected chi connectivity index (χ2v) is 4.50. The van der Waals surface area contributed by atoms with Crippen molar-refractivity contribution in [2.75, 3.05) is 0 Å². The van der Waals surface area contributed by atoms with Gasteiger partial charge >= 0.3 is 5.97 Å². The van der Waals surface area contributed by atoms with E-state index in [-0.39, 0.29) is 11.3 Å². The molecule has 0 bridgehead atoms. The molecule has 3 heteroatoms. The van der Waals surface area contributed by atoms with Crippen LogP contribution in [0.1, 0.15) is 38.5 Å². The molecule has 1 spiro atoms. The lowest BCUT2D eigenvalue weighted by Gasteiger charge is -2.44. The Morgan fingerprint density at radius 3 is 2.23 bits per heavy atom. The Kier molecular flexibility index (Phi) is 1.90. The van der Waals surface area contributed by atoms with Crippen LogP contribution in [0.4, 0.5) is 0 Å². The van der Waals surface area contributed by atoms with Gasteiger partial charge in [0.1, 0.15) is 5.78 Å². The van der Waals surface area contributed by atoms with Crippen molar-refractivity contribution in [1.82, 2.24) is 0 Å². The Hall–Kier alpha value is -0.860. The molecule has 0 saturated heterocycles. The summed E-state index contributed by atoms with van der Waals surface area (Å²) in [4.78, 5) is 21.5. The third-order valence-electron chi connectivity index (χ3n) is 3.54. The summed E-state index contributed by atoms with van der Waals surface area (Å²) >= 11 is 0. The van der Waals surface area contributed by atoms with Crippen LogP contribution < -0.4 is 0 Å². The highest BCUT2D eigenvalue weighted by Crippen LogP contribution is 2.50. The molecule has 2 fully saturated rings. The second-order valence-electron chi connectivity index (χ2n) is 4.50. The molecule has 0 atom stereocenters. The van der Waals surface area contributed by atoms with Crippen LogP contribution in [0.5, 0.6) is 0 Å². The number of rotatable bonds is 1. The van der Waals surface area contributed by atoms with Crippen LogP contribution in [0, 0.1) is 11.3 Å². The van der Waals surface area contributed by atoms with Gasteiger partial charge < -0.3 is 5.11 Å². The fourth-order valence-electron chi connectivity index (χ4n) is 2.62. The number of carboxylic acid groups (broad SMARTS) is 1. The molecule has 0 heterocycles. The highest BCUT2D eigenvalue weighted by Gasteiger charge is 2.46. The maximum atomic E-state index is 10.9. The summed E-state index contributed by atoms with van der Waals surface area (Å²) < 4.78 is 0. The monoisotopic (exact) mass is 182 g/mol. The van der Waals surface area contributed by atoms with E-state index in [0.29, 0.717) is 18.6 Å². The largest absolute Gasteiger partial charge is 0.481 e. The molecule has 0 amide bonds. The smallest absolute Gasteiger partial charge is 0.306 e. The van der Waals surface area contributed by atoms with Gasteiger partial charge in [0.15, 0.2) is 0 Å². The third-order valence-corrected chi connectivity index (χ3v) is 3.54. The Labute approximate surface area is 77.1 Å². The van der Waals surface area contributed by atoms with Crippen molar-refractivity contribution in [2.24, 2.45) is 11.3 Å². The van der Waals surface area contributed by atoms with Gasteiger partial charge in [0.05, 0.1) is 5.92 Å². The fourth-order valence-corrected chi connectivity index (χ4v) is 2.62. The van der Waals surface area contributed by atoms with E-state index >= 15 is 0 Å². The lowest BCUT2D eigenvalue weighted by Crippen LogP contribution is -2.41. The number of hydrogen-bond acceptors (Lipinski definition) is 2. The first-order chi connectivity index (χ1) is 6.11. The molecule has 2 aliphatic carbocycles. The van der Waals surface area contributed by atoms with Gasteiger partial charge in [-0.2, -0.15) is 0 Å². The van der Waals surface area contributed by atoms with Gasteiger partial charge in [-0.05, 0) is 31.1 Å². The molecule has 13 heavy (non-hydrogen) atoms. The molecule has 0 aromatic rings. The molecule has 2 rings (SSSR count). The van der Waals surface area contributed by atoms with Crippen molar-refractivity contribution in [3.05, 3.63) is 0 Å². The second kappa shape index (κ2) is 2.82. The molecule has 0 radical (unpaired) electrons. The highest BCUT2D eigenvalue weighted by molar-refractivity contribution is 5.86. The minimum atomic E-state index is -0.666. The number of carbonyl (C=O) groups excluding carboxylic acids is 1. The summed E-state index contributed by atoms with van der Waals surface area (Å²) in [6, 6.07) is 0. The van der Waals surface area contributed by atoms with Crippen LogP contribution in [0.3, 0.4) is 0 Å². The van der Waals surface area contributed by atoms with Crippen molar-refractivity contribution >= 4 is 11.8 Å². The summed E-state index contributed by atoms with van der Waals surface area (Å²) in [5.41, 5.74) is 0.225. The molecule has 0 aromatic carbocycles. The van der Waals surface area contributed by atoms with Gasteiger partial charge in [-0.1, -0.05) is 0 Å². The summed E-state index contributed by atoms with van der Waals surface area (Å²) in [5.74, 6) is -0.462. The van der Waals surface area contributed by atoms with Gasteiger partial charge in [0, 0.05) is 12.8 Å². The van der Waals surface area contributed by atoms with Gasteiger partial charge in [-0.25, -0.2) is 0 Å². The molecule has 1 N–H and O–H groups in total. The van der Waals surface area contributed by atoms with E-state index < -0.39 is 5.97 Å². The summed E-state index contributed by atoms with van der Waals surface area (Å²) in [7, 11) is 0. The number of aliphatic carboxylic acids is 1. The van der Waals surface area contributed by atoms with E-state index in [2.05, 4.69) is 0 Å². The molecular weight excluding hydrogens is 168 g/mol. The maximum absolute atomic E-state index is 10.9. The average molecular weight is 182 g/mol. The summed E-state index contributed by atoms with van der Waals surface area (Å²) in [5, 5.41) is 8.78. The SMILES string of the molecule is O=C1CC2(CCC(C(=O)O)CC2)C1. The van der Waals surface area contributed by atoms with Crippen LogP contribution in [0.2, 0.25) is 0 Å². The van der Waals surface area contributed by atoms with Crippen LogP contribution in [-0.4, -0.2) is 16.9 Å². The first-order valence-electron chi connectivity index (χ1n) is 4.86. The molecule has 2 aliphatic rings. The zero-order valence-electron chi connectivity index (χ0n) is 7.58. The standard InChI is InChI=1S/C10H14O3/c11-8-5-10(6-8)3-1-7(2-4-10)9(12)13/h7H,1-6H2,(H,12,13). The molecule has 2 saturated carbocycles. The minimum Gasteiger partial charge on any atom is -0.481 e. The van der Waals surface area contributed by atoms with E-state index in [1.165, 1.54) is 0 Å². The predicted octanol–water partition coefficient (Wildman–Crippen LogP) is 1.61. The van der Waals surface area contributed by atoms with E-state index in [1.54, 1.807) is 0 Å². The molecule has 3 nitrogen and oxygen atoms in total. The Morgan fingerprint density at radius 2 is 1.85 bits per heavy atom. The van der Waals surface area contributed by atoms with Gasteiger partial charge in [0.2, 0.25) is 0 Å². The van der Waals surface area contributed by atoms with Gasteiger partial charge in [-0.3, -0.25) is 9.59 Å². The fraction of sp³-hybridized carbons (Fsp3) is 0.800. The quantitative estimate of drug-likeness (QED) is 0.670. The number of hydrogen-bond donors (Lipinski definition) is 1. The topological polar surface area (TPSA) is 54.4 Å². The lowest BCUT2D eigenvalue weighted by molar-refractivity contribution is -0.145. The van der Waals surface area contributed by atoms with Crippen molar-refractivity contribution in [3.8, 4) is 0 Å². The predicted molar refractivity (Wildman–Crippen MR) is 46.3 cm³/mol. The van der Waals surface area contributed by atoms with E-state index in [1.807, 2.05) is 0 Å². The van der Waals surface area contributed by atoms with Crippen molar-refractivity contribution in [3.63, 3.8) is 0 Å². The summed E-state index contributed by atoms with van der Waals surface area (Å²) in [6.07, 6.45) is 4.83. The molecular formula is C10H14O3. The van der Waals surface area contributed by atoms with Gasteiger partial charge in [0.25, 0.3) is 0 Å². The number of carbonyl (C=O) groups is 2. The Bertz CT molecular complexity index is 239. The normalized spacial score (nSPS) is 27.2. The van der Waals surface area contributed by atoms with Crippen molar-refractivity contribution in [1.29, 1.82) is 0 Å². The van der Waals surface area contributed by atoms with Crippen LogP contribution >= 0.6 is 0 Å². The third kappa shape index (κ3) is 1.47. The molecule has 72 valence electrons. The van der Waals surface area contributed by atoms with Crippen LogP contribution in [0.25, 0.3) is 0 Å². The van der Waals surface area contributed by atoms with Crippen molar-refractivity contribution < 1.29 is 14.7 Å². The number of carboxylic acids is 1. The van der Waals surface area contributed by atoms with E-state index in [0.717, 1.165) is 25.7 Å². The Balaban J connectivity index is 1.90. The zero-order chi connectivity index (χ0) is 9.47. The van der Waals surface area contributed by atoms with E-state index in [4.69, 9.17) is 5.11 Å². The van der Waals surface area contributed by atoms with Gasteiger partial charge in [-0.15, -0.1) is 0 Å². The van der Waals surface area contributed by atoms with E-state index in [9.17, 15) is 9.59 Å². The maximum Gasteiger partial charge on any atom is 0.306 e. The molecule has 0 aromatic heterocycles. The van der Waals surface area contributed by atoms with Crippen LogP contribution in [-0.2, 0) is 9.59 Å². The summed E-state index contributed by atoms with van der Waals surface area (Å²) in [6.45, 7) is 0.